The fourth-order valence-corrected chi connectivity index (χ4v) is 2.90. The third-order valence-corrected chi connectivity index (χ3v) is 4.18. The number of benzene rings is 1. The zero-order valence-electron chi connectivity index (χ0n) is 13.6. The van der Waals surface area contributed by atoms with E-state index in [-0.39, 0.29) is 11.4 Å². The topological polar surface area (TPSA) is 57.6 Å². The summed E-state index contributed by atoms with van der Waals surface area (Å²) in [5.41, 5.74) is 2.23. The fourth-order valence-electron chi connectivity index (χ4n) is 2.90. The molecule has 0 saturated heterocycles. The highest BCUT2D eigenvalue weighted by Crippen LogP contribution is 2.10. The second-order valence-corrected chi connectivity index (χ2v) is 6.01. The Kier molecular flexibility index (Phi) is 3.68. The normalized spacial score (nSPS) is 11.3. The number of halogens is 1. The zero-order chi connectivity index (χ0) is 17.4. The maximum atomic E-state index is 13.0. The van der Waals surface area contributed by atoms with Gasteiger partial charge in [-0.1, -0.05) is 17.3 Å². The minimum absolute atomic E-state index is 0.0573. The maximum absolute atomic E-state index is 13.0. The molecule has 0 aliphatic carbocycles. The molecule has 0 spiro atoms. The van der Waals surface area contributed by atoms with Crippen molar-refractivity contribution in [3.8, 4) is 0 Å². The van der Waals surface area contributed by atoms with E-state index in [1.54, 1.807) is 33.8 Å². The Bertz CT molecular complexity index is 1090. The molecule has 0 amide bonds. The van der Waals surface area contributed by atoms with Gasteiger partial charge in [0.1, 0.15) is 17.0 Å². The number of aryl methyl sites for hydroxylation is 1. The van der Waals surface area contributed by atoms with Crippen molar-refractivity contribution in [2.45, 2.75) is 13.1 Å². The van der Waals surface area contributed by atoms with E-state index >= 15 is 0 Å². The van der Waals surface area contributed by atoms with Crippen LogP contribution in [0.4, 0.5) is 4.39 Å². The molecule has 4 aromatic rings. The summed E-state index contributed by atoms with van der Waals surface area (Å²) in [5.74, 6) is -0.265. The van der Waals surface area contributed by atoms with E-state index in [4.69, 9.17) is 0 Å². The van der Waals surface area contributed by atoms with Crippen LogP contribution in [0.3, 0.4) is 0 Å². The second kappa shape index (κ2) is 6.01. The number of hydrogen-bond donors (Lipinski definition) is 0. The van der Waals surface area contributed by atoms with Gasteiger partial charge in [0.15, 0.2) is 0 Å². The van der Waals surface area contributed by atoms with Gasteiger partial charge in [0.05, 0.1) is 19.3 Å². The Morgan fingerprint density at radius 2 is 1.80 bits per heavy atom. The van der Waals surface area contributed by atoms with E-state index in [1.807, 2.05) is 29.9 Å². The van der Waals surface area contributed by atoms with Crippen molar-refractivity contribution < 1.29 is 4.39 Å². The maximum Gasteiger partial charge on any atom is 0.275 e. The van der Waals surface area contributed by atoms with Gasteiger partial charge in [0, 0.05) is 24.8 Å². The van der Waals surface area contributed by atoms with Crippen molar-refractivity contribution in [1.29, 1.82) is 0 Å². The predicted octanol–water partition coefficient (Wildman–Crippen LogP) is 2.17. The molecule has 4 rings (SSSR count). The number of hydrogen-bond acceptors (Lipinski definition) is 3. The Morgan fingerprint density at radius 3 is 2.60 bits per heavy atom. The Balaban J connectivity index is 1.57. The molecule has 3 aromatic heterocycles. The number of nitrogens with zero attached hydrogens (tertiary/aromatic N) is 5. The Morgan fingerprint density at radius 1 is 1.04 bits per heavy atom. The first-order valence-electron chi connectivity index (χ1n) is 7.88. The van der Waals surface area contributed by atoms with Crippen molar-refractivity contribution in [2.75, 3.05) is 0 Å². The smallest absolute Gasteiger partial charge is 0.275 e. The molecule has 0 unspecified atom stereocenters. The van der Waals surface area contributed by atoms with E-state index in [0.717, 1.165) is 10.9 Å². The van der Waals surface area contributed by atoms with Gasteiger partial charge in [0.2, 0.25) is 0 Å². The predicted molar refractivity (Wildman–Crippen MR) is 91.8 cm³/mol. The van der Waals surface area contributed by atoms with Gasteiger partial charge in [-0.2, -0.15) is 0 Å². The average Bonchev–Trinajstić information content (AvgIpc) is 3.19. The molecular formula is C18H16FN5O. The minimum Gasteiger partial charge on any atom is -0.346 e. The summed E-state index contributed by atoms with van der Waals surface area (Å²) in [4.78, 5) is 12.6. The lowest BCUT2D eigenvalue weighted by Crippen LogP contribution is -2.21. The first kappa shape index (κ1) is 15.3. The molecule has 0 bridgehead atoms. The van der Waals surface area contributed by atoms with Crippen LogP contribution >= 0.6 is 0 Å². The number of fused-ring (bicyclic) bond motifs is 1. The minimum atomic E-state index is -0.265. The fraction of sp³-hybridized carbons (Fsp3) is 0.167. The molecule has 25 heavy (non-hydrogen) atoms. The summed E-state index contributed by atoms with van der Waals surface area (Å²) >= 11 is 0. The van der Waals surface area contributed by atoms with Crippen molar-refractivity contribution in [2.24, 2.45) is 7.05 Å². The molecule has 0 atom stereocenters. The van der Waals surface area contributed by atoms with Crippen molar-refractivity contribution in [1.82, 2.24) is 24.1 Å². The Labute approximate surface area is 142 Å². The molecule has 3 heterocycles. The van der Waals surface area contributed by atoms with Crippen LogP contribution in [0.1, 0.15) is 11.3 Å². The highest BCUT2D eigenvalue weighted by Gasteiger charge is 2.08. The third kappa shape index (κ3) is 2.96. The van der Waals surface area contributed by atoms with Crippen LogP contribution in [-0.2, 0) is 20.1 Å². The summed E-state index contributed by atoms with van der Waals surface area (Å²) in [6.45, 7) is 0.850. The summed E-state index contributed by atoms with van der Waals surface area (Å²) in [7, 11) is 1.85. The summed E-state index contributed by atoms with van der Waals surface area (Å²) in [5, 5.41) is 9.13. The molecule has 7 heteroatoms. The molecular weight excluding hydrogens is 321 g/mol. The SMILES string of the molecule is Cn1ccc2ccn(Cc3cn(Cc4ccc(F)cc4)nn3)c(=O)c21. The highest BCUT2D eigenvalue weighted by atomic mass is 19.1. The molecule has 0 saturated carbocycles. The van der Waals surface area contributed by atoms with Crippen LogP contribution in [0.15, 0.2) is 59.8 Å². The van der Waals surface area contributed by atoms with Gasteiger partial charge in [0.25, 0.3) is 5.56 Å². The van der Waals surface area contributed by atoms with E-state index in [9.17, 15) is 9.18 Å². The van der Waals surface area contributed by atoms with Gasteiger partial charge >= 0.3 is 0 Å². The first-order valence-corrected chi connectivity index (χ1v) is 7.88. The number of aromatic nitrogens is 5. The lowest BCUT2D eigenvalue weighted by Gasteiger charge is -2.04. The molecule has 1 aromatic carbocycles. The van der Waals surface area contributed by atoms with Crippen LogP contribution < -0.4 is 5.56 Å². The average molecular weight is 337 g/mol. The van der Waals surface area contributed by atoms with Crippen molar-refractivity contribution in [3.63, 3.8) is 0 Å². The van der Waals surface area contributed by atoms with Crippen LogP contribution in [0.25, 0.3) is 10.9 Å². The summed E-state index contributed by atoms with van der Waals surface area (Å²) < 4.78 is 18.1. The summed E-state index contributed by atoms with van der Waals surface area (Å²) in [6, 6.07) is 10.1. The second-order valence-electron chi connectivity index (χ2n) is 6.01. The Hall–Kier alpha value is -3.22. The van der Waals surface area contributed by atoms with Crippen LogP contribution in [0.2, 0.25) is 0 Å². The highest BCUT2D eigenvalue weighted by molar-refractivity contribution is 5.78. The van der Waals surface area contributed by atoms with Crippen molar-refractivity contribution in [3.05, 3.63) is 82.4 Å². The van der Waals surface area contributed by atoms with E-state index in [0.29, 0.717) is 24.3 Å². The van der Waals surface area contributed by atoms with E-state index in [2.05, 4.69) is 10.3 Å². The molecule has 0 fully saturated rings. The van der Waals surface area contributed by atoms with Crippen LogP contribution in [0, 0.1) is 5.82 Å². The van der Waals surface area contributed by atoms with Gasteiger partial charge < -0.3 is 9.13 Å². The molecule has 0 aliphatic heterocycles. The number of rotatable bonds is 4. The molecule has 0 radical (unpaired) electrons. The van der Waals surface area contributed by atoms with Crippen molar-refractivity contribution >= 4 is 10.9 Å². The molecule has 0 N–H and O–H groups in total. The quantitative estimate of drug-likeness (QED) is 0.573. The largest absolute Gasteiger partial charge is 0.346 e. The molecule has 126 valence electrons. The lowest BCUT2D eigenvalue weighted by molar-refractivity contribution is 0.621. The van der Waals surface area contributed by atoms with Crippen LogP contribution in [0.5, 0.6) is 0 Å². The van der Waals surface area contributed by atoms with Gasteiger partial charge in [-0.05, 0) is 29.8 Å². The standard InChI is InChI=1S/C18H16FN5O/c1-22-8-6-14-7-9-23(18(25)17(14)22)11-16-12-24(21-20-16)10-13-2-4-15(19)5-3-13/h2-9,12H,10-11H2,1H3. The van der Waals surface area contributed by atoms with Gasteiger partial charge in [-0.25, -0.2) is 9.07 Å². The monoisotopic (exact) mass is 337 g/mol. The van der Waals surface area contributed by atoms with Crippen LogP contribution in [-0.4, -0.2) is 24.1 Å². The van der Waals surface area contributed by atoms with Gasteiger partial charge in [-0.3, -0.25) is 4.79 Å². The van der Waals surface area contributed by atoms with E-state index < -0.39 is 0 Å². The third-order valence-electron chi connectivity index (χ3n) is 4.18. The zero-order valence-corrected chi connectivity index (χ0v) is 13.6. The molecule has 6 nitrogen and oxygen atoms in total. The summed E-state index contributed by atoms with van der Waals surface area (Å²) in [6.07, 6.45) is 5.43. The lowest BCUT2D eigenvalue weighted by atomic mass is 10.2. The molecule has 0 aliphatic rings. The number of pyridine rings is 1. The first-order chi connectivity index (χ1) is 12.1. The van der Waals surface area contributed by atoms with Gasteiger partial charge in [-0.15, -0.1) is 5.10 Å². The van der Waals surface area contributed by atoms with E-state index in [1.165, 1.54) is 12.1 Å².